The lowest BCUT2D eigenvalue weighted by atomic mass is 10.0. The van der Waals surface area contributed by atoms with Crippen molar-refractivity contribution in [2.45, 2.75) is 25.4 Å². The Morgan fingerprint density at radius 1 is 0.960 bits per heavy atom. The number of aliphatic hydroxyl groups excluding tert-OH is 1. The third-order valence-electron chi connectivity index (χ3n) is 4.51. The van der Waals surface area contributed by atoms with E-state index in [0.717, 1.165) is 13.1 Å². The van der Waals surface area contributed by atoms with E-state index in [9.17, 15) is 9.90 Å². The number of likely N-dealkylation sites (tertiary alicyclic amines) is 1. The quantitative estimate of drug-likeness (QED) is 0.788. The van der Waals surface area contributed by atoms with Crippen LogP contribution >= 0.6 is 0 Å². The summed E-state index contributed by atoms with van der Waals surface area (Å²) in [5, 5.41) is 10.1. The average molecular weight is 339 g/mol. The van der Waals surface area contributed by atoms with E-state index in [1.54, 1.807) is 24.3 Å². The summed E-state index contributed by atoms with van der Waals surface area (Å²) in [5.74, 6) is 0.666. The summed E-state index contributed by atoms with van der Waals surface area (Å²) < 4.78 is 5.66. The number of piperidine rings is 1. The van der Waals surface area contributed by atoms with Crippen molar-refractivity contribution in [1.82, 2.24) is 4.90 Å². The lowest BCUT2D eigenvalue weighted by Gasteiger charge is -2.28. The predicted molar refractivity (Wildman–Crippen MR) is 98.1 cm³/mol. The molecular formula is C21H25NO3. The van der Waals surface area contributed by atoms with Crippen molar-refractivity contribution < 1.29 is 14.6 Å². The molecular weight excluding hydrogens is 314 g/mol. The Balaban J connectivity index is 1.49. The summed E-state index contributed by atoms with van der Waals surface area (Å²) in [6.45, 7) is 3.05. The first kappa shape index (κ1) is 17.6. The molecule has 0 unspecified atom stereocenters. The Labute approximate surface area is 149 Å². The fourth-order valence-electron chi connectivity index (χ4n) is 3.14. The molecule has 1 aliphatic rings. The molecule has 0 spiro atoms. The van der Waals surface area contributed by atoms with Gasteiger partial charge >= 0.3 is 0 Å². The van der Waals surface area contributed by atoms with Crippen LogP contribution in [0.4, 0.5) is 0 Å². The van der Waals surface area contributed by atoms with Crippen LogP contribution in [0, 0.1) is 0 Å². The van der Waals surface area contributed by atoms with Gasteiger partial charge in [0, 0.05) is 17.7 Å². The number of rotatable bonds is 7. The van der Waals surface area contributed by atoms with Crippen LogP contribution in [-0.2, 0) is 0 Å². The van der Waals surface area contributed by atoms with E-state index in [-0.39, 0.29) is 12.4 Å². The highest BCUT2D eigenvalue weighted by atomic mass is 16.5. The number of carbonyl (C=O) groups is 1. The van der Waals surface area contributed by atoms with Crippen LogP contribution < -0.4 is 4.74 Å². The maximum atomic E-state index is 12.4. The molecule has 1 saturated heterocycles. The molecule has 1 fully saturated rings. The normalized spacial score (nSPS) is 16.4. The molecule has 4 nitrogen and oxygen atoms in total. The zero-order chi connectivity index (χ0) is 17.5. The summed E-state index contributed by atoms with van der Waals surface area (Å²) in [6.07, 6.45) is 3.22. The Bertz CT molecular complexity index is 663. The number of ether oxygens (including phenoxy) is 1. The van der Waals surface area contributed by atoms with Crippen molar-refractivity contribution in [2.75, 3.05) is 26.2 Å². The number of nitrogens with zero attached hydrogens (tertiary/aromatic N) is 1. The number of hydrogen-bond acceptors (Lipinski definition) is 4. The number of carbonyl (C=O) groups excluding carboxylic acids is 1. The fraction of sp³-hybridized carbons (Fsp3) is 0.381. The Hall–Kier alpha value is -2.17. The molecule has 0 radical (unpaired) electrons. The molecule has 0 bridgehead atoms. The molecule has 1 N–H and O–H groups in total. The Morgan fingerprint density at radius 2 is 1.60 bits per heavy atom. The maximum Gasteiger partial charge on any atom is 0.193 e. The largest absolute Gasteiger partial charge is 0.491 e. The fourth-order valence-corrected chi connectivity index (χ4v) is 3.14. The second-order valence-corrected chi connectivity index (χ2v) is 6.55. The summed E-state index contributed by atoms with van der Waals surface area (Å²) >= 11 is 0. The number of benzene rings is 2. The van der Waals surface area contributed by atoms with Gasteiger partial charge in [-0.15, -0.1) is 0 Å². The van der Waals surface area contributed by atoms with Crippen molar-refractivity contribution in [3.63, 3.8) is 0 Å². The second kappa shape index (κ2) is 8.79. The van der Waals surface area contributed by atoms with E-state index in [2.05, 4.69) is 4.90 Å². The van der Waals surface area contributed by atoms with E-state index >= 15 is 0 Å². The molecule has 0 amide bonds. The van der Waals surface area contributed by atoms with Crippen molar-refractivity contribution in [1.29, 1.82) is 0 Å². The molecule has 0 aliphatic carbocycles. The first-order valence-corrected chi connectivity index (χ1v) is 8.95. The van der Waals surface area contributed by atoms with Gasteiger partial charge in [-0.05, 0) is 50.2 Å². The van der Waals surface area contributed by atoms with Crippen molar-refractivity contribution in [2.24, 2.45) is 0 Å². The van der Waals surface area contributed by atoms with Gasteiger partial charge in [0.25, 0.3) is 0 Å². The smallest absolute Gasteiger partial charge is 0.193 e. The van der Waals surface area contributed by atoms with Crippen LogP contribution in [0.25, 0.3) is 0 Å². The Kier molecular flexibility index (Phi) is 6.20. The highest BCUT2D eigenvalue weighted by Crippen LogP contribution is 2.16. The third kappa shape index (κ3) is 5.15. The van der Waals surface area contributed by atoms with Crippen LogP contribution in [0.2, 0.25) is 0 Å². The summed E-state index contributed by atoms with van der Waals surface area (Å²) in [4.78, 5) is 14.6. The standard InChI is InChI=1S/C21H25NO3/c23-19(15-22-13-5-2-6-14-22)16-25-20-11-9-18(10-12-20)21(24)17-7-3-1-4-8-17/h1,3-4,7-12,19,23H,2,5-6,13-16H2/t19-/m0/s1. The van der Waals surface area contributed by atoms with Gasteiger partial charge in [0.1, 0.15) is 18.5 Å². The minimum atomic E-state index is -0.497. The van der Waals surface area contributed by atoms with E-state index in [4.69, 9.17) is 4.74 Å². The molecule has 25 heavy (non-hydrogen) atoms. The number of aliphatic hydroxyl groups is 1. The monoisotopic (exact) mass is 339 g/mol. The van der Waals surface area contributed by atoms with Gasteiger partial charge < -0.3 is 14.7 Å². The van der Waals surface area contributed by atoms with E-state index < -0.39 is 6.10 Å². The number of β-amino-alcohol motifs (C(OH)–C–C–N with tert-alkyl or cyclic N) is 1. The SMILES string of the molecule is O=C(c1ccccc1)c1ccc(OC[C@@H](O)CN2CCCCC2)cc1. The predicted octanol–water partition coefficient (Wildman–Crippen LogP) is 3.14. The maximum absolute atomic E-state index is 12.4. The van der Waals surface area contributed by atoms with Crippen LogP contribution in [0.1, 0.15) is 35.2 Å². The van der Waals surface area contributed by atoms with E-state index in [1.807, 2.05) is 30.3 Å². The molecule has 2 aromatic rings. The zero-order valence-corrected chi connectivity index (χ0v) is 14.4. The van der Waals surface area contributed by atoms with Crippen LogP contribution in [0.3, 0.4) is 0 Å². The summed E-state index contributed by atoms with van der Waals surface area (Å²) in [7, 11) is 0. The Morgan fingerprint density at radius 3 is 2.28 bits per heavy atom. The third-order valence-corrected chi connectivity index (χ3v) is 4.51. The minimum Gasteiger partial charge on any atom is -0.491 e. The molecule has 1 aliphatic heterocycles. The molecule has 0 aromatic heterocycles. The molecule has 0 saturated carbocycles. The topological polar surface area (TPSA) is 49.8 Å². The van der Waals surface area contributed by atoms with Crippen molar-refractivity contribution >= 4 is 5.78 Å². The second-order valence-electron chi connectivity index (χ2n) is 6.55. The molecule has 4 heteroatoms. The lowest BCUT2D eigenvalue weighted by molar-refractivity contribution is 0.0617. The minimum absolute atomic E-state index is 0.00252. The van der Waals surface area contributed by atoms with Gasteiger partial charge in [0.15, 0.2) is 5.78 Å². The molecule has 1 heterocycles. The van der Waals surface area contributed by atoms with Crippen LogP contribution in [0.15, 0.2) is 54.6 Å². The van der Waals surface area contributed by atoms with Gasteiger partial charge in [-0.3, -0.25) is 4.79 Å². The lowest BCUT2D eigenvalue weighted by Crippen LogP contribution is -2.38. The first-order chi connectivity index (χ1) is 12.2. The summed E-state index contributed by atoms with van der Waals surface area (Å²) in [6, 6.07) is 16.3. The first-order valence-electron chi connectivity index (χ1n) is 8.95. The molecule has 2 aromatic carbocycles. The molecule has 1 atom stereocenters. The van der Waals surface area contributed by atoms with Gasteiger partial charge in [-0.1, -0.05) is 36.8 Å². The molecule has 3 rings (SSSR count). The van der Waals surface area contributed by atoms with Gasteiger partial charge in [-0.2, -0.15) is 0 Å². The van der Waals surface area contributed by atoms with Gasteiger partial charge in [-0.25, -0.2) is 0 Å². The molecule has 132 valence electrons. The van der Waals surface area contributed by atoms with E-state index in [0.29, 0.717) is 23.4 Å². The highest BCUT2D eigenvalue weighted by Gasteiger charge is 2.15. The van der Waals surface area contributed by atoms with Crippen LogP contribution in [-0.4, -0.2) is 48.1 Å². The van der Waals surface area contributed by atoms with E-state index in [1.165, 1.54) is 19.3 Å². The average Bonchev–Trinajstić information content (AvgIpc) is 2.68. The van der Waals surface area contributed by atoms with Crippen molar-refractivity contribution in [3.05, 3.63) is 65.7 Å². The van der Waals surface area contributed by atoms with Crippen LogP contribution in [0.5, 0.6) is 5.75 Å². The number of hydrogen-bond donors (Lipinski definition) is 1. The summed E-state index contributed by atoms with van der Waals surface area (Å²) in [5.41, 5.74) is 1.31. The number of ketones is 1. The van der Waals surface area contributed by atoms with Gasteiger partial charge in [0.2, 0.25) is 0 Å². The zero-order valence-electron chi connectivity index (χ0n) is 14.4. The highest BCUT2D eigenvalue weighted by molar-refractivity contribution is 6.08. The van der Waals surface area contributed by atoms with Crippen molar-refractivity contribution in [3.8, 4) is 5.75 Å². The van der Waals surface area contributed by atoms with Gasteiger partial charge in [0.05, 0.1) is 0 Å².